The van der Waals surface area contributed by atoms with Crippen molar-refractivity contribution in [2.24, 2.45) is 0 Å². The van der Waals surface area contributed by atoms with E-state index in [1.807, 2.05) is 19.1 Å². The number of ether oxygens (including phenoxy) is 1. The van der Waals surface area contributed by atoms with Gasteiger partial charge in [-0.3, -0.25) is 0 Å². The van der Waals surface area contributed by atoms with Crippen molar-refractivity contribution < 1.29 is 4.74 Å². The molecule has 2 rings (SSSR count). The van der Waals surface area contributed by atoms with Gasteiger partial charge in [-0.05, 0) is 42.3 Å². The molecule has 4 nitrogen and oxygen atoms in total. The molecule has 0 spiro atoms. The quantitative estimate of drug-likeness (QED) is 0.827. The molecule has 0 unspecified atom stereocenters. The van der Waals surface area contributed by atoms with E-state index >= 15 is 0 Å². The van der Waals surface area contributed by atoms with Crippen molar-refractivity contribution in [2.45, 2.75) is 6.92 Å². The largest absolute Gasteiger partial charge is 0.424 e. The van der Waals surface area contributed by atoms with Crippen molar-refractivity contribution in [1.29, 1.82) is 0 Å². The van der Waals surface area contributed by atoms with E-state index in [1.54, 1.807) is 12.1 Å². The van der Waals surface area contributed by atoms with Gasteiger partial charge in [0.15, 0.2) is 0 Å². The Bertz CT molecular complexity index is 482. The highest BCUT2D eigenvalue weighted by Crippen LogP contribution is 2.20. The smallest absolute Gasteiger partial charge is 0.327 e. The number of aromatic nitrogens is 3. The Hall–Kier alpha value is -1.39. The van der Waals surface area contributed by atoms with Crippen LogP contribution in [0.1, 0.15) is 5.56 Å². The first kappa shape index (κ1) is 11.1. The lowest BCUT2D eigenvalue weighted by molar-refractivity contribution is 0.439. The third-order valence-electron chi connectivity index (χ3n) is 1.79. The molecule has 0 radical (unpaired) electrons. The Balaban J connectivity index is 2.23. The fourth-order valence-electron chi connectivity index (χ4n) is 1.07. The molecule has 0 aliphatic rings. The van der Waals surface area contributed by atoms with Gasteiger partial charge >= 0.3 is 6.01 Å². The molecule has 0 bridgehead atoms. The van der Waals surface area contributed by atoms with Crippen LogP contribution >= 0.6 is 23.2 Å². The number of rotatable bonds is 2. The lowest BCUT2D eigenvalue weighted by Gasteiger charge is -2.03. The zero-order valence-corrected chi connectivity index (χ0v) is 9.83. The summed E-state index contributed by atoms with van der Waals surface area (Å²) in [7, 11) is 0. The molecule has 0 N–H and O–H groups in total. The lowest BCUT2D eigenvalue weighted by Crippen LogP contribution is -1.95. The van der Waals surface area contributed by atoms with Gasteiger partial charge in [0.2, 0.25) is 10.6 Å². The number of halogens is 2. The maximum absolute atomic E-state index is 5.61. The van der Waals surface area contributed by atoms with Crippen LogP contribution in [0.4, 0.5) is 0 Å². The van der Waals surface area contributed by atoms with Gasteiger partial charge < -0.3 is 4.74 Å². The maximum atomic E-state index is 5.61. The minimum absolute atomic E-state index is 0.00196. The molecular weight excluding hydrogens is 249 g/mol. The van der Waals surface area contributed by atoms with Crippen LogP contribution in [-0.2, 0) is 0 Å². The second-order valence-electron chi connectivity index (χ2n) is 3.07. The summed E-state index contributed by atoms with van der Waals surface area (Å²) < 4.78 is 5.36. The summed E-state index contributed by atoms with van der Waals surface area (Å²) in [4.78, 5) is 11.2. The van der Waals surface area contributed by atoms with Gasteiger partial charge in [0.25, 0.3) is 0 Å². The summed E-state index contributed by atoms with van der Waals surface area (Å²) in [6.45, 7) is 1.99. The van der Waals surface area contributed by atoms with Crippen molar-refractivity contribution in [1.82, 2.24) is 15.0 Å². The topological polar surface area (TPSA) is 47.9 Å². The molecule has 0 atom stereocenters. The molecule has 6 heteroatoms. The van der Waals surface area contributed by atoms with E-state index in [-0.39, 0.29) is 16.6 Å². The first-order chi connectivity index (χ1) is 7.63. The molecule has 0 saturated heterocycles. The number of aryl methyl sites for hydroxylation is 1. The van der Waals surface area contributed by atoms with Gasteiger partial charge in [-0.2, -0.15) is 15.0 Å². The first-order valence-corrected chi connectivity index (χ1v) is 5.21. The third-order valence-corrected chi connectivity index (χ3v) is 2.13. The summed E-state index contributed by atoms with van der Waals surface area (Å²) in [5, 5.41) is 0.00391. The van der Waals surface area contributed by atoms with Crippen molar-refractivity contribution in [3.8, 4) is 11.8 Å². The Kier molecular flexibility index (Phi) is 3.22. The van der Waals surface area contributed by atoms with Crippen LogP contribution < -0.4 is 4.74 Å². The second-order valence-corrected chi connectivity index (χ2v) is 3.75. The molecule has 2 aromatic rings. The molecule has 1 aromatic heterocycles. The van der Waals surface area contributed by atoms with Gasteiger partial charge in [0.05, 0.1) is 0 Å². The number of hydrogen-bond acceptors (Lipinski definition) is 4. The molecule has 0 amide bonds. The first-order valence-electron chi connectivity index (χ1n) is 4.45. The van der Waals surface area contributed by atoms with Crippen molar-refractivity contribution in [3.63, 3.8) is 0 Å². The molecule has 1 heterocycles. The van der Waals surface area contributed by atoms with E-state index in [0.717, 1.165) is 5.56 Å². The van der Waals surface area contributed by atoms with Crippen LogP contribution in [0.2, 0.25) is 10.6 Å². The van der Waals surface area contributed by atoms with E-state index in [2.05, 4.69) is 15.0 Å². The van der Waals surface area contributed by atoms with Crippen LogP contribution in [0.25, 0.3) is 0 Å². The van der Waals surface area contributed by atoms with Crippen LogP contribution in [0.3, 0.4) is 0 Å². The predicted molar refractivity (Wildman–Crippen MR) is 61.1 cm³/mol. The van der Waals surface area contributed by atoms with Gasteiger partial charge in [-0.25, -0.2) is 0 Å². The van der Waals surface area contributed by atoms with E-state index in [4.69, 9.17) is 27.9 Å². The number of benzene rings is 1. The summed E-state index contributed by atoms with van der Waals surface area (Å²) in [5.41, 5.74) is 1.14. The number of hydrogen-bond donors (Lipinski definition) is 0. The van der Waals surface area contributed by atoms with Crippen molar-refractivity contribution >= 4 is 23.2 Å². The fourth-order valence-corrected chi connectivity index (χ4v) is 1.41. The molecule has 1 aromatic carbocycles. The monoisotopic (exact) mass is 255 g/mol. The van der Waals surface area contributed by atoms with Crippen molar-refractivity contribution in [3.05, 3.63) is 40.4 Å². The highest BCUT2D eigenvalue weighted by Gasteiger charge is 2.05. The Morgan fingerprint density at radius 2 is 1.50 bits per heavy atom. The summed E-state index contributed by atoms with van der Waals surface area (Å²) >= 11 is 11.2. The van der Waals surface area contributed by atoms with E-state index in [1.165, 1.54) is 0 Å². The Labute approximate surface area is 102 Å². The molecule has 16 heavy (non-hydrogen) atoms. The SMILES string of the molecule is Cc1ccc(Oc2nc(Cl)nc(Cl)n2)cc1. The Morgan fingerprint density at radius 3 is 2.06 bits per heavy atom. The zero-order chi connectivity index (χ0) is 11.5. The molecular formula is C10H7Cl2N3O. The van der Waals surface area contributed by atoms with Gasteiger partial charge in [-0.1, -0.05) is 17.7 Å². The van der Waals surface area contributed by atoms with Gasteiger partial charge in [0, 0.05) is 0 Å². The lowest BCUT2D eigenvalue weighted by atomic mass is 10.2. The van der Waals surface area contributed by atoms with Gasteiger partial charge in [-0.15, -0.1) is 0 Å². The standard InChI is InChI=1S/C10H7Cl2N3O/c1-6-2-4-7(5-3-6)16-10-14-8(11)13-9(12)15-10/h2-5H,1H3. The van der Waals surface area contributed by atoms with E-state index < -0.39 is 0 Å². The fraction of sp³-hybridized carbons (Fsp3) is 0.100. The summed E-state index contributed by atoms with van der Waals surface area (Å²) in [5.74, 6) is 0.615. The minimum Gasteiger partial charge on any atom is -0.424 e. The normalized spacial score (nSPS) is 10.2. The molecule has 0 aliphatic heterocycles. The highest BCUT2D eigenvalue weighted by atomic mass is 35.5. The zero-order valence-electron chi connectivity index (χ0n) is 8.32. The van der Waals surface area contributed by atoms with Crippen molar-refractivity contribution in [2.75, 3.05) is 0 Å². The summed E-state index contributed by atoms with van der Waals surface area (Å²) in [6.07, 6.45) is 0. The molecule has 0 aliphatic carbocycles. The van der Waals surface area contributed by atoms with E-state index in [9.17, 15) is 0 Å². The van der Waals surface area contributed by atoms with Gasteiger partial charge in [0.1, 0.15) is 5.75 Å². The highest BCUT2D eigenvalue weighted by molar-refractivity contribution is 6.31. The third kappa shape index (κ3) is 2.81. The molecule has 0 saturated carbocycles. The van der Waals surface area contributed by atoms with E-state index in [0.29, 0.717) is 5.75 Å². The average molecular weight is 256 g/mol. The van der Waals surface area contributed by atoms with Crippen LogP contribution in [0.5, 0.6) is 11.8 Å². The summed E-state index contributed by atoms with van der Waals surface area (Å²) in [6, 6.07) is 7.52. The maximum Gasteiger partial charge on any atom is 0.327 e. The minimum atomic E-state index is 0.00196. The average Bonchev–Trinajstić information content (AvgIpc) is 2.20. The Morgan fingerprint density at radius 1 is 0.938 bits per heavy atom. The van der Waals surface area contributed by atoms with Crippen LogP contribution in [0.15, 0.2) is 24.3 Å². The second kappa shape index (κ2) is 4.63. The molecule has 82 valence electrons. The molecule has 0 fully saturated rings. The van der Waals surface area contributed by atoms with Crippen LogP contribution in [0, 0.1) is 6.92 Å². The number of nitrogens with zero attached hydrogens (tertiary/aromatic N) is 3. The predicted octanol–water partition coefficient (Wildman–Crippen LogP) is 3.28. The van der Waals surface area contributed by atoms with Crippen LogP contribution in [-0.4, -0.2) is 15.0 Å².